The first-order valence-corrected chi connectivity index (χ1v) is 7.87. The fourth-order valence-corrected chi connectivity index (χ4v) is 2.94. The van der Waals surface area contributed by atoms with E-state index in [0.29, 0.717) is 12.6 Å². The van der Waals surface area contributed by atoms with Crippen molar-refractivity contribution in [2.24, 2.45) is 5.92 Å². The van der Waals surface area contributed by atoms with Gasteiger partial charge >= 0.3 is 0 Å². The minimum atomic E-state index is -3.05. The molecule has 2 N–H and O–H groups in total. The summed E-state index contributed by atoms with van der Waals surface area (Å²) in [5.41, 5.74) is 0. The lowest BCUT2D eigenvalue weighted by Gasteiger charge is -2.29. The summed E-state index contributed by atoms with van der Waals surface area (Å²) >= 11 is 0. The molecule has 96 valence electrons. The maximum Gasteiger partial charge on any atom is 0.212 e. The van der Waals surface area contributed by atoms with Crippen LogP contribution in [0.1, 0.15) is 39.0 Å². The topological polar surface area (TPSA) is 58.2 Å². The Labute approximate surface area is 99.2 Å². The zero-order valence-corrected chi connectivity index (χ0v) is 11.1. The van der Waals surface area contributed by atoms with E-state index in [1.807, 2.05) is 0 Å². The van der Waals surface area contributed by atoms with Gasteiger partial charge in [0.15, 0.2) is 0 Å². The summed E-state index contributed by atoms with van der Waals surface area (Å²) in [6.45, 7) is 2.79. The lowest BCUT2D eigenvalue weighted by atomic mass is 9.84. The summed E-state index contributed by atoms with van der Waals surface area (Å²) in [7, 11) is -1.59. The molecule has 0 saturated heterocycles. The van der Waals surface area contributed by atoms with Gasteiger partial charge in [-0.3, -0.25) is 0 Å². The van der Waals surface area contributed by atoms with E-state index in [9.17, 15) is 8.42 Å². The smallest absolute Gasteiger partial charge is 0.212 e. The second kappa shape index (κ2) is 6.57. The normalized spacial score (nSPS) is 26.9. The first-order chi connectivity index (χ1) is 7.57. The molecule has 0 aromatic carbocycles. The molecule has 2 unspecified atom stereocenters. The van der Waals surface area contributed by atoms with Crippen LogP contribution in [-0.4, -0.2) is 33.8 Å². The van der Waals surface area contributed by atoms with Crippen molar-refractivity contribution in [2.45, 2.75) is 45.1 Å². The fourth-order valence-electron chi connectivity index (χ4n) is 2.35. The molecule has 16 heavy (non-hydrogen) atoms. The molecule has 0 spiro atoms. The minimum absolute atomic E-state index is 0.177. The molecule has 4 nitrogen and oxygen atoms in total. The predicted octanol–water partition coefficient (Wildman–Crippen LogP) is 1.09. The van der Waals surface area contributed by atoms with Crippen molar-refractivity contribution in [1.29, 1.82) is 0 Å². The van der Waals surface area contributed by atoms with Gasteiger partial charge in [-0.2, -0.15) is 0 Å². The van der Waals surface area contributed by atoms with Crippen LogP contribution in [0.25, 0.3) is 0 Å². The van der Waals surface area contributed by atoms with E-state index in [1.165, 1.54) is 39.2 Å². The summed E-state index contributed by atoms with van der Waals surface area (Å²) in [6.07, 6.45) is 6.25. The molecular weight excluding hydrogens is 224 g/mol. The second-order valence-electron chi connectivity index (χ2n) is 4.61. The van der Waals surface area contributed by atoms with Gasteiger partial charge in [0.25, 0.3) is 0 Å². The van der Waals surface area contributed by atoms with Crippen LogP contribution in [0.3, 0.4) is 0 Å². The SMILES string of the molecule is CCC1CCCC(NCCS(=O)(=O)NC)C1. The van der Waals surface area contributed by atoms with Crippen LogP contribution in [0.2, 0.25) is 0 Å². The third-order valence-corrected chi connectivity index (χ3v) is 4.84. The average Bonchev–Trinajstić information content (AvgIpc) is 2.29. The van der Waals surface area contributed by atoms with Crippen molar-refractivity contribution in [3.63, 3.8) is 0 Å². The Morgan fingerprint density at radius 2 is 2.06 bits per heavy atom. The molecule has 1 rings (SSSR count). The first-order valence-electron chi connectivity index (χ1n) is 6.22. The molecule has 1 aliphatic carbocycles. The number of nitrogens with one attached hydrogen (secondary N) is 2. The lowest BCUT2D eigenvalue weighted by molar-refractivity contribution is 0.282. The van der Waals surface area contributed by atoms with Crippen molar-refractivity contribution in [3.8, 4) is 0 Å². The number of sulfonamides is 1. The van der Waals surface area contributed by atoms with Crippen molar-refractivity contribution in [3.05, 3.63) is 0 Å². The highest BCUT2D eigenvalue weighted by atomic mass is 32.2. The molecule has 0 aliphatic heterocycles. The van der Waals surface area contributed by atoms with Crippen molar-refractivity contribution >= 4 is 10.0 Å². The minimum Gasteiger partial charge on any atom is -0.313 e. The van der Waals surface area contributed by atoms with Gasteiger partial charge in [-0.1, -0.05) is 26.2 Å². The molecule has 5 heteroatoms. The fraction of sp³-hybridized carbons (Fsp3) is 1.00. The molecule has 0 aromatic heterocycles. The van der Waals surface area contributed by atoms with Crippen LogP contribution in [0.4, 0.5) is 0 Å². The van der Waals surface area contributed by atoms with Crippen LogP contribution in [-0.2, 0) is 10.0 Å². The quantitative estimate of drug-likeness (QED) is 0.740. The molecule has 2 atom stereocenters. The second-order valence-corrected chi connectivity index (χ2v) is 6.66. The molecule has 0 amide bonds. The number of hydrogen-bond donors (Lipinski definition) is 2. The van der Waals surface area contributed by atoms with Gasteiger partial charge in [0, 0.05) is 12.6 Å². The summed E-state index contributed by atoms with van der Waals surface area (Å²) in [6, 6.07) is 0.519. The zero-order valence-electron chi connectivity index (χ0n) is 10.3. The van der Waals surface area contributed by atoms with E-state index < -0.39 is 10.0 Å². The summed E-state index contributed by atoms with van der Waals surface area (Å²) in [4.78, 5) is 0. The van der Waals surface area contributed by atoms with Crippen molar-refractivity contribution < 1.29 is 8.42 Å². The van der Waals surface area contributed by atoms with Crippen LogP contribution in [0, 0.1) is 5.92 Å². The average molecular weight is 248 g/mol. The standard InChI is InChI=1S/C11H24N2O2S/c1-3-10-5-4-6-11(9-10)13-7-8-16(14,15)12-2/h10-13H,3-9H2,1-2H3. The molecule has 0 radical (unpaired) electrons. The van der Waals surface area contributed by atoms with Gasteiger partial charge in [0.05, 0.1) is 5.75 Å². The lowest BCUT2D eigenvalue weighted by Crippen LogP contribution is -2.38. The molecular formula is C11H24N2O2S. The van der Waals surface area contributed by atoms with E-state index in [2.05, 4.69) is 17.0 Å². The third-order valence-electron chi connectivity index (χ3n) is 3.47. The van der Waals surface area contributed by atoms with Crippen LogP contribution in [0.15, 0.2) is 0 Å². The van der Waals surface area contributed by atoms with Crippen LogP contribution in [0.5, 0.6) is 0 Å². The van der Waals surface area contributed by atoms with E-state index in [-0.39, 0.29) is 5.75 Å². The number of rotatable bonds is 6. The van der Waals surface area contributed by atoms with Crippen molar-refractivity contribution in [1.82, 2.24) is 10.0 Å². The largest absolute Gasteiger partial charge is 0.313 e. The van der Waals surface area contributed by atoms with E-state index in [0.717, 1.165) is 5.92 Å². The maximum absolute atomic E-state index is 11.2. The molecule has 1 aliphatic rings. The van der Waals surface area contributed by atoms with E-state index >= 15 is 0 Å². The Hall–Kier alpha value is -0.130. The Morgan fingerprint density at radius 3 is 2.69 bits per heavy atom. The van der Waals surface area contributed by atoms with Gasteiger partial charge in [-0.15, -0.1) is 0 Å². The molecule has 1 saturated carbocycles. The highest BCUT2D eigenvalue weighted by Gasteiger charge is 2.20. The van der Waals surface area contributed by atoms with Gasteiger partial charge in [-0.25, -0.2) is 13.1 Å². The summed E-state index contributed by atoms with van der Waals surface area (Å²) < 4.78 is 24.8. The highest BCUT2D eigenvalue weighted by molar-refractivity contribution is 7.89. The molecule has 0 aromatic rings. The Kier molecular flexibility index (Phi) is 5.72. The van der Waals surface area contributed by atoms with E-state index in [4.69, 9.17) is 0 Å². The molecule has 0 heterocycles. The van der Waals surface area contributed by atoms with Crippen LogP contribution < -0.4 is 10.0 Å². The van der Waals surface area contributed by atoms with Crippen molar-refractivity contribution in [2.75, 3.05) is 19.3 Å². The highest BCUT2D eigenvalue weighted by Crippen LogP contribution is 2.26. The van der Waals surface area contributed by atoms with Gasteiger partial charge in [-0.05, 0) is 25.8 Å². The zero-order chi connectivity index (χ0) is 12.0. The monoisotopic (exact) mass is 248 g/mol. The third kappa shape index (κ3) is 4.80. The number of hydrogen-bond acceptors (Lipinski definition) is 3. The Bertz CT molecular complexity index is 290. The Morgan fingerprint density at radius 1 is 1.31 bits per heavy atom. The first kappa shape index (κ1) is 13.9. The Balaban J connectivity index is 2.22. The van der Waals surface area contributed by atoms with Gasteiger partial charge in [0.2, 0.25) is 10.0 Å². The van der Waals surface area contributed by atoms with Gasteiger partial charge < -0.3 is 5.32 Å². The van der Waals surface area contributed by atoms with Gasteiger partial charge in [0.1, 0.15) is 0 Å². The van der Waals surface area contributed by atoms with Crippen LogP contribution >= 0.6 is 0 Å². The summed E-state index contributed by atoms with van der Waals surface area (Å²) in [5, 5.41) is 3.36. The van der Waals surface area contributed by atoms with E-state index in [1.54, 1.807) is 0 Å². The summed E-state index contributed by atoms with van der Waals surface area (Å²) in [5.74, 6) is 1.00. The molecule has 1 fully saturated rings. The maximum atomic E-state index is 11.2. The molecule has 0 bridgehead atoms. The predicted molar refractivity (Wildman–Crippen MR) is 66.9 cm³/mol.